The third-order valence-electron chi connectivity index (χ3n) is 4.56. The number of fused-ring (bicyclic) bond motifs is 2. The molecular weight excluding hydrogens is 276 g/mol. The predicted molar refractivity (Wildman–Crippen MR) is 85.7 cm³/mol. The van der Waals surface area contributed by atoms with E-state index < -0.39 is 0 Å². The van der Waals surface area contributed by atoms with E-state index in [1.54, 1.807) is 6.08 Å². The van der Waals surface area contributed by atoms with Gasteiger partial charge in [-0.2, -0.15) is 0 Å². The van der Waals surface area contributed by atoms with Gasteiger partial charge < -0.3 is 10.2 Å². The number of hydrogen-bond acceptors (Lipinski definition) is 4. The van der Waals surface area contributed by atoms with Crippen molar-refractivity contribution in [2.45, 2.75) is 6.42 Å². The Balaban J connectivity index is 1.74. The highest BCUT2D eigenvalue weighted by molar-refractivity contribution is 6.05. The Morgan fingerprint density at radius 2 is 2.09 bits per heavy atom. The number of nitrogens with zero attached hydrogens (tertiary/aromatic N) is 3. The quantitative estimate of drug-likeness (QED) is 0.879. The Bertz CT molecular complexity index is 747. The van der Waals surface area contributed by atoms with E-state index in [2.05, 4.69) is 22.1 Å². The smallest absolute Gasteiger partial charge is 0.276 e. The number of piperidine rings is 1. The summed E-state index contributed by atoms with van der Waals surface area (Å²) < 4.78 is 0. The highest BCUT2D eigenvalue weighted by atomic mass is 16.2. The number of carbonyl (C=O) groups is 1. The van der Waals surface area contributed by atoms with Crippen molar-refractivity contribution < 1.29 is 4.79 Å². The third kappa shape index (κ3) is 2.13. The summed E-state index contributed by atoms with van der Waals surface area (Å²) in [6, 6.07) is 7.74. The van der Waals surface area contributed by atoms with Crippen LogP contribution in [0.1, 0.15) is 16.9 Å². The largest absolute Gasteiger partial charge is 0.379 e. The Labute approximate surface area is 129 Å². The second kappa shape index (κ2) is 5.09. The molecule has 2 heterocycles. The number of rotatable bonds is 4. The van der Waals surface area contributed by atoms with Gasteiger partial charge in [-0.1, -0.05) is 24.3 Å². The molecule has 112 valence electrons. The van der Waals surface area contributed by atoms with Gasteiger partial charge in [0.25, 0.3) is 5.91 Å². The summed E-state index contributed by atoms with van der Waals surface area (Å²) in [6.45, 7) is 6.03. The van der Waals surface area contributed by atoms with Gasteiger partial charge in [0.15, 0.2) is 5.69 Å². The maximum absolute atomic E-state index is 12.8. The summed E-state index contributed by atoms with van der Waals surface area (Å²) in [5.74, 6) is 1.40. The topological polar surface area (TPSA) is 58.1 Å². The van der Waals surface area contributed by atoms with Crippen LogP contribution in [-0.2, 0) is 0 Å². The zero-order chi connectivity index (χ0) is 15.1. The number of anilines is 1. The number of amides is 1. The van der Waals surface area contributed by atoms with E-state index >= 15 is 0 Å². The van der Waals surface area contributed by atoms with E-state index in [-0.39, 0.29) is 5.91 Å². The Morgan fingerprint density at radius 3 is 2.86 bits per heavy atom. The third-order valence-corrected chi connectivity index (χ3v) is 4.56. The molecule has 22 heavy (non-hydrogen) atoms. The molecule has 0 spiro atoms. The maximum atomic E-state index is 12.8. The molecule has 2 aliphatic rings. The Hall–Kier alpha value is -2.43. The summed E-state index contributed by atoms with van der Waals surface area (Å²) in [7, 11) is 0. The monoisotopic (exact) mass is 294 g/mol. The van der Waals surface area contributed by atoms with E-state index in [0.717, 1.165) is 29.7 Å². The van der Waals surface area contributed by atoms with Gasteiger partial charge in [-0.3, -0.25) is 4.79 Å². The fraction of sp³-hybridized carbons (Fsp3) is 0.353. The number of benzene rings is 1. The molecule has 2 fully saturated rings. The molecule has 2 aromatic rings. The molecule has 1 aliphatic heterocycles. The van der Waals surface area contributed by atoms with Crippen LogP contribution < -0.4 is 5.32 Å². The van der Waals surface area contributed by atoms with Crippen LogP contribution in [-0.4, -0.2) is 40.6 Å². The van der Waals surface area contributed by atoms with E-state index in [4.69, 9.17) is 0 Å². The summed E-state index contributed by atoms with van der Waals surface area (Å²) >= 11 is 0. The number of aromatic nitrogens is 2. The zero-order valence-electron chi connectivity index (χ0n) is 12.3. The molecule has 2 atom stereocenters. The predicted octanol–water partition coefficient (Wildman–Crippen LogP) is 2.32. The summed E-state index contributed by atoms with van der Waals surface area (Å²) in [4.78, 5) is 14.7. The Morgan fingerprint density at radius 1 is 1.32 bits per heavy atom. The van der Waals surface area contributed by atoms with Gasteiger partial charge in [-0.25, -0.2) is 0 Å². The average Bonchev–Trinajstić information content (AvgIpc) is 3.17. The van der Waals surface area contributed by atoms with Gasteiger partial charge in [0.2, 0.25) is 0 Å². The first kappa shape index (κ1) is 13.2. The molecule has 5 nitrogen and oxygen atoms in total. The van der Waals surface area contributed by atoms with Crippen LogP contribution in [0.5, 0.6) is 0 Å². The minimum absolute atomic E-state index is 0.0167. The molecule has 2 unspecified atom stereocenters. The lowest BCUT2D eigenvalue weighted by atomic mass is 10.1. The van der Waals surface area contributed by atoms with Crippen LogP contribution >= 0.6 is 0 Å². The lowest BCUT2D eigenvalue weighted by Crippen LogP contribution is -2.32. The van der Waals surface area contributed by atoms with Crippen molar-refractivity contribution in [2.75, 3.05) is 25.0 Å². The standard InChI is InChI=1S/C17H18N4O/c1-2-7-18-15-13-5-3-4-6-14(13)19-20-16(15)17(22)21-9-11-8-12(11)10-21/h2-6,11-12H,1,7-10H2,(H,18,19). The number of likely N-dealkylation sites (tertiary alicyclic amines) is 1. The van der Waals surface area contributed by atoms with E-state index in [1.165, 1.54) is 6.42 Å². The lowest BCUT2D eigenvalue weighted by Gasteiger charge is -2.19. The molecule has 1 saturated carbocycles. The van der Waals surface area contributed by atoms with E-state index in [1.807, 2.05) is 29.2 Å². The average molecular weight is 294 g/mol. The minimum Gasteiger partial charge on any atom is -0.379 e. The van der Waals surface area contributed by atoms with Crippen LogP contribution in [0.3, 0.4) is 0 Å². The van der Waals surface area contributed by atoms with Crippen molar-refractivity contribution >= 4 is 22.5 Å². The SMILES string of the molecule is C=CCNc1c(C(=O)N2CC3CC3C2)nnc2ccccc12. The first-order valence-corrected chi connectivity index (χ1v) is 7.67. The second-order valence-corrected chi connectivity index (χ2v) is 6.08. The van der Waals surface area contributed by atoms with Gasteiger partial charge in [0.05, 0.1) is 11.2 Å². The highest BCUT2D eigenvalue weighted by Crippen LogP contribution is 2.45. The van der Waals surface area contributed by atoms with E-state index in [9.17, 15) is 4.79 Å². The van der Waals surface area contributed by atoms with Gasteiger partial charge >= 0.3 is 0 Å². The van der Waals surface area contributed by atoms with Gasteiger partial charge in [-0.15, -0.1) is 16.8 Å². The van der Waals surface area contributed by atoms with Crippen molar-refractivity contribution in [1.82, 2.24) is 15.1 Å². The van der Waals surface area contributed by atoms with Gasteiger partial charge in [-0.05, 0) is 24.3 Å². The fourth-order valence-electron chi connectivity index (χ4n) is 3.27. The van der Waals surface area contributed by atoms with Crippen LogP contribution in [0.15, 0.2) is 36.9 Å². The Kier molecular flexibility index (Phi) is 3.06. The van der Waals surface area contributed by atoms with Crippen LogP contribution in [0.2, 0.25) is 0 Å². The molecule has 0 radical (unpaired) electrons. The van der Waals surface area contributed by atoms with Gasteiger partial charge in [0.1, 0.15) is 0 Å². The normalized spacial score (nSPS) is 22.5. The van der Waals surface area contributed by atoms with Crippen molar-refractivity contribution in [2.24, 2.45) is 11.8 Å². The molecule has 1 amide bonds. The molecule has 1 N–H and O–H groups in total. The minimum atomic E-state index is -0.0167. The molecule has 0 bridgehead atoms. The van der Waals surface area contributed by atoms with Crippen molar-refractivity contribution in [1.29, 1.82) is 0 Å². The van der Waals surface area contributed by atoms with Crippen LogP contribution in [0.4, 0.5) is 5.69 Å². The molecular formula is C17H18N4O. The first-order valence-electron chi connectivity index (χ1n) is 7.67. The summed E-state index contributed by atoms with van der Waals surface area (Å²) in [5.41, 5.74) is 1.97. The van der Waals surface area contributed by atoms with Crippen LogP contribution in [0, 0.1) is 11.8 Å². The maximum Gasteiger partial charge on any atom is 0.276 e. The lowest BCUT2D eigenvalue weighted by molar-refractivity contribution is 0.0770. The van der Waals surface area contributed by atoms with Crippen molar-refractivity contribution in [3.63, 3.8) is 0 Å². The number of carbonyl (C=O) groups excluding carboxylic acids is 1. The first-order chi connectivity index (χ1) is 10.8. The van der Waals surface area contributed by atoms with Gasteiger partial charge in [0, 0.05) is 25.0 Å². The molecule has 1 saturated heterocycles. The van der Waals surface area contributed by atoms with Crippen molar-refractivity contribution in [3.8, 4) is 0 Å². The van der Waals surface area contributed by atoms with Crippen molar-refractivity contribution in [3.05, 3.63) is 42.6 Å². The zero-order valence-corrected chi connectivity index (χ0v) is 12.3. The fourth-order valence-corrected chi connectivity index (χ4v) is 3.27. The molecule has 1 aromatic carbocycles. The number of nitrogens with one attached hydrogen (secondary N) is 1. The van der Waals surface area contributed by atoms with Crippen LogP contribution in [0.25, 0.3) is 10.9 Å². The molecule has 5 heteroatoms. The molecule has 4 rings (SSSR count). The summed E-state index contributed by atoms with van der Waals surface area (Å²) in [5, 5.41) is 12.6. The second-order valence-electron chi connectivity index (χ2n) is 6.08. The highest BCUT2D eigenvalue weighted by Gasteiger charge is 2.47. The number of hydrogen-bond donors (Lipinski definition) is 1. The molecule has 1 aliphatic carbocycles. The van der Waals surface area contributed by atoms with E-state index in [0.29, 0.717) is 24.1 Å². The summed E-state index contributed by atoms with van der Waals surface area (Å²) in [6.07, 6.45) is 3.04. The molecule has 1 aromatic heterocycles.